The molecule has 0 radical (unpaired) electrons. The standard InChI is InChI=1S/C18H15Cl2FO5/c1-10(26-17-5-3-11(19)7-14(17)20)18(23)25-9-15(22)13-8-12(21)4-6-16(13)24-2/h3-8,10H,9H2,1-2H3/t10-/m1/s1. The van der Waals surface area contributed by atoms with E-state index >= 15 is 0 Å². The van der Waals surface area contributed by atoms with Crippen LogP contribution in [0.4, 0.5) is 4.39 Å². The summed E-state index contributed by atoms with van der Waals surface area (Å²) < 4.78 is 28.7. The minimum atomic E-state index is -1.02. The highest BCUT2D eigenvalue weighted by Crippen LogP contribution is 2.28. The van der Waals surface area contributed by atoms with E-state index in [4.69, 9.17) is 37.4 Å². The van der Waals surface area contributed by atoms with E-state index in [9.17, 15) is 14.0 Å². The molecular formula is C18H15Cl2FO5. The van der Waals surface area contributed by atoms with Crippen molar-refractivity contribution in [3.63, 3.8) is 0 Å². The Kier molecular flexibility index (Phi) is 6.83. The van der Waals surface area contributed by atoms with Crippen LogP contribution in [0.1, 0.15) is 17.3 Å². The minimum Gasteiger partial charge on any atom is -0.496 e. The maximum Gasteiger partial charge on any atom is 0.347 e. The van der Waals surface area contributed by atoms with Crippen molar-refractivity contribution in [1.82, 2.24) is 0 Å². The molecular weight excluding hydrogens is 386 g/mol. The summed E-state index contributed by atoms with van der Waals surface area (Å²) in [7, 11) is 1.35. The van der Waals surface area contributed by atoms with E-state index in [0.29, 0.717) is 5.02 Å². The lowest BCUT2D eigenvalue weighted by Gasteiger charge is -2.15. The monoisotopic (exact) mass is 400 g/mol. The summed E-state index contributed by atoms with van der Waals surface area (Å²) in [5, 5.41) is 0.657. The zero-order chi connectivity index (χ0) is 19.3. The molecule has 0 spiro atoms. The van der Waals surface area contributed by atoms with Gasteiger partial charge in [0.05, 0.1) is 17.7 Å². The number of halogens is 3. The predicted molar refractivity (Wildman–Crippen MR) is 94.8 cm³/mol. The van der Waals surface area contributed by atoms with Crippen molar-refractivity contribution in [2.75, 3.05) is 13.7 Å². The number of Topliss-reactive ketones (excluding diaryl/α,β-unsaturated/α-hetero) is 1. The third kappa shape index (κ3) is 5.09. The van der Waals surface area contributed by atoms with Gasteiger partial charge in [-0.3, -0.25) is 4.79 Å². The van der Waals surface area contributed by atoms with Crippen molar-refractivity contribution >= 4 is 35.0 Å². The average Bonchev–Trinajstić information content (AvgIpc) is 2.61. The number of esters is 1. The molecule has 0 aromatic heterocycles. The Morgan fingerprint density at radius 2 is 1.81 bits per heavy atom. The minimum absolute atomic E-state index is 0.0189. The molecule has 2 aromatic rings. The van der Waals surface area contributed by atoms with Crippen molar-refractivity contribution in [2.24, 2.45) is 0 Å². The van der Waals surface area contributed by atoms with Crippen molar-refractivity contribution in [1.29, 1.82) is 0 Å². The molecule has 0 aliphatic heterocycles. The molecule has 2 rings (SSSR count). The topological polar surface area (TPSA) is 61.8 Å². The molecule has 0 fully saturated rings. The highest BCUT2D eigenvalue weighted by molar-refractivity contribution is 6.35. The summed E-state index contributed by atoms with van der Waals surface area (Å²) in [5.41, 5.74) is -0.0189. The van der Waals surface area contributed by atoms with Crippen LogP contribution in [0.25, 0.3) is 0 Å². The fraction of sp³-hybridized carbons (Fsp3) is 0.222. The molecule has 0 aliphatic rings. The van der Waals surface area contributed by atoms with E-state index < -0.39 is 30.3 Å². The summed E-state index contributed by atoms with van der Waals surface area (Å²) in [6.07, 6.45) is -1.02. The Morgan fingerprint density at radius 1 is 1.12 bits per heavy atom. The second kappa shape index (κ2) is 8.87. The fourth-order valence-corrected chi connectivity index (χ4v) is 2.49. The van der Waals surface area contributed by atoms with Gasteiger partial charge in [-0.15, -0.1) is 0 Å². The molecule has 5 nitrogen and oxygen atoms in total. The highest BCUT2D eigenvalue weighted by atomic mass is 35.5. The van der Waals surface area contributed by atoms with Gasteiger partial charge in [0.2, 0.25) is 5.78 Å². The van der Waals surface area contributed by atoms with Gasteiger partial charge >= 0.3 is 5.97 Å². The maximum atomic E-state index is 13.3. The Morgan fingerprint density at radius 3 is 2.46 bits per heavy atom. The molecule has 138 valence electrons. The van der Waals surface area contributed by atoms with Crippen LogP contribution in [-0.2, 0) is 9.53 Å². The van der Waals surface area contributed by atoms with Crippen LogP contribution < -0.4 is 9.47 Å². The molecule has 2 aromatic carbocycles. The first-order chi connectivity index (χ1) is 12.3. The first-order valence-corrected chi connectivity index (χ1v) is 8.22. The lowest BCUT2D eigenvalue weighted by Crippen LogP contribution is -2.28. The van der Waals surface area contributed by atoms with E-state index in [2.05, 4.69) is 0 Å². The number of hydrogen-bond donors (Lipinski definition) is 0. The van der Waals surface area contributed by atoms with E-state index in [1.54, 1.807) is 6.07 Å². The molecule has 26 heavy (non-hydrogen) atoms. The Labute approximate surface area is 159 Å². The number of carbonyl (C=O) groups is 2. The van der Waals surface area contributed by atoms with Crippen LogP contribution in [0.3, 0.4) is 0 Å². The Balaban J connectivity index is 1.97. The SMILES string of the molecule is COc1ccc(F)cc1C(=O)COC(=O)[C@@H](C)Oc1ccc(Cl)cc1Cl. The summed E-state index contributed by atoms with van der Waals surface area (Å²) >= 11 is 11.8. The molecule has 0 bridgehead atoms. The zero-order valence-electron chi connectivity index (χ0n) is 13.9. The lowest BCUT2D eigenvalue weighted by molar-refractivity contribution is -0.149. The van der Waals surface area contributed by atoms with Crippen molar-refractivity contribution in [2.45, 2.75) is 13.0 Å². The smallest absolute Gasteiger partial charge is 0.347 e. The summed E-state index contributed by atoms with van der Waals surface area (Å²) in [6.45, 7) is 0.862. The van der Waals surface area contributed by atoms with Crippen LogP contribution in [0.2, 0.25) is 10.0 Å². The second-order valence-electron chi connectivity index (χ2n) is 5.21. The lowest BCUT2D eigenvalue weighted by atomic mass is 10.1. The van der Waals surface area contributed by atoms with Gasteiger partial charge in [0.1, 0.15) is 17.3 Å². The van der Waals surface area contributed by atoms with Gasteiger partial charge < -0.3 is 14.2 Å². The number of carbonyl (C=O) groups excluding carboxylic acids is 2. The fourth-order valence-electron chi connectivity index (χ4n) is 2.04. The molecule has 0 unspecified atom stereocenters. The van der Waals surface area contributed by atoms with Gasteiger partial charge in [-0.2, -0.15) is 0 Å². The van der Waals surface area contributed by atoms with Crippen LogP contribution >= 0.6 is 23.2 Å². The Bertz CT molecular complexity index is 825. The third-order valence-corrected chi connectivity index (χ3v) is 3.87. The van der Waals surface area contributed by atoms with E-state index in [1.165, 1.54) is 32.2 Å². The summed E-state index contributed by atoms with van der Waals surface area (Å²) in [5.74, 6) is -1.55. The van der Waals surface area contributed by atoms with Crippen LogP contribution in [-0.4, -0.2) is 31.6 Å². The molecule has 0 saturated carbocycles. The quantitative estimate of drug-likeness (QED) is 0.511. The first kappa shape index (κ1) is 20.0. The van der Waals surface area contributed by atoms with Crippen LogP contribution in [0, 0.1) is 5.82 Å². The maximum absolute atomic E-state index is 13.3. The molecule has 0 saturated heterocycles. The molecule has 1 atom stereocenters. The zero-order valence-corrected chi connectivity index (χ0v) is 15.4. The van der Waals surface area contributed by atoms with Crippen LogP contribution in [0.5, 0.6) is 11.5 Å². The van der Waals surface area contributed by atoms with Crippen molar-refractivity contribution in [3.8, 4) is 11.5 Å². The number of benzene rings is 2. The van der Waals surface area contributed by atoms with Crippen LogP contribution in [0.15, 0.2) is 36.4 Å². The molecule has 0 heterocycles. The Hall–Kier alpha value is -2.31. The third-order valence-electron chi connectivity index (χ3n) is 3.34. The van der Waals surface area contributed by atoms with Gasteiger partial charge in [0.25, 0.3) is 0 Å². The highest BCUT2D eigenvalue weighted by Gasteiger charge is 2.21. The number of rotatable bonds is 7. The normalized spacial score (nSPS) is 11.6. The molecule has 8 heteroatoms. The number of ketones is 1. The van der Waals surface area contributed by atoms with Crippen molar-refractivity contribution in [3.05, 3.63) is 57.8 Å². The van der Waals surface area contributed by atoms with Crippen molar-refractivity contribution < 1.29 is 28.2 Å². The van der Waals surface area contributed by atoms with Gasteiger partial charge in [0.15, 0.2) is 12.7 Å². The van der Waals surface area contributed by atoms with E-state index in [0.717, 1.165) is 12.1 Å². The first-order valence-electron chi connectivity index (χ1n) is 7.47. The summed E-state index contributed by atoms with van der Waals surface area (Å²) in [6, 6.07) is 8.03. The average molecular weight is 401 g/mol. The van der Waals surface area contributed by atoms with Gasteiger partial charge in [-0.25, -0.2) is 9.18 Å². The van der Waals surface area contributed by atoms with E-state index in [1.807, 2.05) is 0 Å². The number of ether oxygens (including phenoxy) is 3. The molecule has 0 amide bonds. The molecule has 0 aliphatic carbocycles. The number of methoxy groups -OCH3 is 1. The van der Waals surface area contributed by atoms with E-state index in [-0.39, 0.29) is 22.1 Å². The largest absolute Gasteiger partial charge is 0.496 e. The number of hydrogen-bond acceptors (Lipinski definition) is 5. The van der Waals surface area contributed by atoms with Gasteiger partial charge in [-0.05, 0) is 43.3 Å². The second-order valence-corrected chi connectivity index (χ2v) is 6.05. The van der Waals surface area contributed by atoms with Gasteiger partial charge in [0, 0.05) is 5.02 Å². The predicted octanol–water partition coefficient (Wildman–Crippen LogP) is 4.33. The molecule has 0 N–H and O–H groups in total. The summed E-state index contributed by atoms with van der Waals surface area (Å²) in [4.78, 5) is 24.2. The van der Waals surface area contributed by atoms with Gasteiger partial charge in [-0.1, -0.05) is 23.2 Å².